The maximum absolute atomic E-state index is 14.3. The zero-order valence-electron chi connectivity index (χ0n) is 25.4. The fourth-order valence-electron chi connectivity index (χ4n) is 4.35. The molecule has 0 aromatic heterocycles. The second-order valence-corrected chi connectivity index (χ2v) is 12.5. The summed E-state index contributed by atoms with van der Waals surface area (Å²) in [7, 11) is -0.207. The van der Waals surface area contributed by atoms with Crippen molar-refractivity contribution in [1.29, 1.82) is 0 Å². The Morgan fingerprint density at radius 3 is 2.05 bits per heavy atom. The SMILES string of the molecule is COc1ccc(S(=O)(=O)N(CC(=O)N(Cc2ccc(C)cc2)[C@@H](C)C(=O)NC(C)C)c2cc(Cl)ccc2OC)cc1OC. The third-order valence-electron chi connectivity index (χ3n) is 6.70. The van der Waals surface area contributed by atoms with Crippen LogP contribution in [0.1, 0.15) is 31.9 Å². The molecule has 0 aliphatic heterocycles. The number of sulfonamides is 1. The summed E-state index contributed by atoms with van der Waals surface area (Å²) < 4.78 is 45.5. The Bertz CT molecular complexity index is 1550. The van der Waals surface area contributed by atoms with Gasteiger partial charge in [-0.05, 0) is 63.6 Å². The molecule has 43 heavy (non-hydrogen) atoms. The van der Waals surface area contributed by atoms with E-state index in [4.69, 9.17) is 25.8 Å². The van der Waals surface area contributed by atoms with Crippen LogP contribution >= 0.6 is 11.6 Å². The van der Waals surface area contributed by atoms with Crippen LogP contribution in [0.25, 0.3) is 0 Å². The molecule has 0 fully saturated rings. The van der Waals surface area contributed by atoms with Crippen LogP contribution in [-0.2, 0) is 26.2 Å². The van der Waals surface area contributed by atoms with Crippen molar-refractivity contribution in [2.75, 3.05) is 32.2 Å². The van der Waals surface area contributed by atoms with Crippen molar-refractivity contribution in [1.82, 2.24) is 10.2 Å². The number of hydrogen-bond donors (Lipinski definition) is 1. The van der Waals surface area contributed by atoms with E-state index < -0.39 is 28.5 Å². The van der Waals surface area contributed by atoms with Crippen molar-refractivity contribution in [3.63, 3.8) is 0 Å². The largest absolute Gasteiger partial charge is 0.495 e. The molecule has 3 aromatic rings. The van der Waals surface area contributed by atoms with Gasteiger partial charge >= 0.3 is 0 Å². The standard InChI is InChI=1S/C31H38ClN3O7S/c1-20(2)33-31(37)22(4)34(18-23-10-8-21(3)9-11-23)30(36)19-35(26-16-24(32)12-14-27(26)40-5)43(38,39)25-13-15-28(41-6)29(17-25)42-7/h8-17,20,22H,18-19H2,1-7H3,(H,33,37)/t22-/m0/s1. The van der Waals surface area contributed by atoms with Gasteiger partial charge < -0.3 is 24.4 Å². The summed E-state index contributed by atoms with van der Waals surface area (Å²) in [6, 6.07) is 15.1. The maximum Gasteiger partial charge on any atom is 0.265 e. The van der Waals surface area contributed by atoms with E-state index in [0.29, 0.717) is 5.75 Å². The number of rotatable bonds is 13. The number of methoxy groups -OCH3 is 3. The summed E-state index contributed by atoms with van der Waals surface area (Å²) in [5, 5.41) is 3.07. The van der Waals surface area contributed by atoms with Crippen LogP contribution in [0.2, 0.25) is 5.02 Å². The van der Waals surface area contributed by atoms with E-state index in [0.717, 1.165) is 15.4 Å². The Morgan fingerprint density at radius 1 is 0.860 bits per heavy atom. The van der Waals surface area contributed by atoms with Crippen molar-refractivity contribution in [2.45, 2.75) is 51.2 Å². The Kier molecular flexibility index (Phi) is 11.3. The second-order valence-electron chi connectivity index (χ2n) is 10.2. The van der Waals surface area contributed by atoms with E-state index in [1.54, 1.807) is 13.0 Å². The van der Waals surface area contributed by atoms with Crippen molar-refractivity contribution in [3.05, 3.63) is 76.8 Å². The molecule has 3 rings (SSSR count). The average Bonchev–Trinajstić information content (AvgIpc) is 2.98. The van der Waals surface area contributed by atoms with Gasteiger partial charge in [-0.3, -0.25) is 13.9 Å². The van der Waals surface area contributed by atoms with E-state index in [1.807, 2.05) is 45.0 Å². The first-order valence-electron chi connectivity index (χ1n) is 13.6. The first-order chi connectivity index (χ1) is 20.3. The molecule has 1 N–H and O–H groups in total. The van der Waals surface area contributed by atoms with Gasteiger partial charge in [-0.25, -0.2) is 8.42 Å². The van der Waals surface area contributed by atoms with E-state index in [9.17, 15) is 18.0 Å². The zero-order valence-corrected chi connectivity index (χ0v) is 27.0. The van der Waals surface area contributed by atoms with Gasteiger partial charge in [-0.2, -0.15) is 0 Å². The number of carbonyl (C=O) groups is 2. The quantitative estimate of drug-likeness (QED) is 0.288. The number of carbonyl (C=O) groups excluding carboxylic acids is 2. The third kappa shape index (κ3) is 8.11. The van der Waals surface area contributed by atoms with Gasteiger partial charge in [0, 0.05) is 23.7 Å². The molecule has 12 heteroatoms. The van der Waals surface area contributed by atoms with Crippen molar-refractivity contribution >= 4 is 39.1 Å². The molecule has 232 valence electrons. The van der Waals surface area contributed by atoms with Crippen molar-refractivity contribution in [2.24, 2.45) is 0 Å². The minimum Gasteiger partial charge on any atom is -0.495 e. The van der Waals surface area contributed by atoms with Crippen molar-refractivity contribution < 1.29 is 32.2 Å². The number of nitrogens with one attached hydrogen (secondary N) is 1. The molecule has 2 amide bonds. The summed E-state index contributed by atoms with van der Waals surface area (Å²) in [6.45, 7) is 6.61. The van der Waals surface area contributed by atoms with Gasteiger partial charge in [0.2, 0.25) is 11.8 Å². The minimum absolute atomic E-state index is 0.0488. The first kappa shape index (κ1) is 33.5. The highest BCUT2D eigenvalue weighted by Gasteiger charge is 2.34. The van der Waals surface area contributed by atoms with E-state index >= 15 is 0 Å². The van der Waals surface area contributed by atoms with Crippen LogP contribution in [0.3, 0.4) is 0 Å². The lowest BCUT2D eigenvalue weighted by Crippen LogP contribution is -2.52. The lowest BCUT2D eigenvalue weighted by molar-refractivity contribution is -0.139. The summed E-state index contributed by atoms with van der Waals surface area (Å²) >= 11 is 6.30. The molecule has 0 aliphatic rings. The van der Waals surface area contributed by atoms with Gasteiger partial charge in [0.25, 0.3) is 10.0 Å². The number of anilines is 1. The lowest BCUT2D eigenvalue weighted by Gasteiger charge is -2.32. The van der Waals surface area contributed by atoms with E-state index in [-0.39, 0.29) is 45.6 Å². The predicted molar refractivity (Wildman–Crippen MR) is 167 cm³/mol. The molecule has 0 heterocycles. The summed E-state index contributed by atoms with van der Waals surface area (Å²) in [4.78, 5) is 28.4. The van der Waals surface area contributed by atoms with Gasteiger partial charge in [0.1, 0.15) is 18.3 Å². The second kappa shape index (κ2) is 14.5. The molecule has 1 atom stereocenters. The maximum atomic E-state index is 14.3. The molecular formula is C31H38ClN3O7S. The number of benzene rings is 3. The monoisotopic (exact) mass is 631 g/mol. The molecule has 10 nitrogen and oxygen atoms in total. The first-order valence-corrected chi connectivity index (χ1v) is 15.4. The highest BCUT2D eigenvalue weighted by Crippen LogP contribution is 2.37. The number of nitrogens with zero attached hydrogens (tertiary/aromatic N) is 2. The molecular weight excluding hydrogens is 594 g/mol. The summed E-state index contributed by atoms with van der Waals surface area (Å²) in [5.41, 5.74) is 1.86. The fraction of sp³-hybridized carbons (Fsp3) is 0.355. The topological polar surface area (TPSA) is 114 Å². The number of ether oxygens (including phenoxy) is 3. The molecule has 0 spiro atoms. The summed E-state index contributed by atoms with van der Waals surface area (Å²) in [5.74, 6) is -0.286. The molecule has 0 saturated carbocycles. The molecule has 0 radical (unpaired) electrons. The number of halogens is 1. The minimum atomic E-state index is -4.42. The van der Waals surface area contributed by atoms with Crippen molar-refractivity contribution in [3.8, 4) is 17.2 Å². The zero-order chi connectivity index (χ0) is 31.9. The number of aryl methyl sites for hydroxylation is 1. The Morgan fingerprint density at radius 2 is 1.47 bits per heavy atom. The molecule has 0 saturated heterocycles. The Hall–Kier alpha value is -3.96. The average molecular weight is 632 g/mol. The van der Waals surface area contributed by atoms with Gasteiger partial charge in [0.15, 0.2) is 11.5 Å². The van der Waals surface area contributed by atoms with Gasteiger partial charge in [-0.15, -0.1) is 0 Å². The van der Waals surface area contributed by atoms with Crippen LogP contribution in [0.4, 0.5) is 5.69 Å². The molecule has 3 aromatic carbocycles. The summed E-state index contributed by atoms with van der Waals surface area (Å²) in [6.07, 6.45) is 0. The van der Waals surface area contributed by atoms with Crippen LogP contribution in [0, 0.1) is 6.92 Å². The smallest absolute Gasteiger partial charge is 0.265 e. The van der Waals surface area contributed by atoms with E-state index in [1.165, 1.54) is 56.6 Å². The Labute approximate surface area is 258 Å². The normalized spacial score (nSPS) is 11.9. The molecule has 0 bridgehead atoms. The highest BCUT2D eigenvalue weighted by molar-refractivity contribution is 7.92. The third-order valence-corrected chi connectivity index (χ3v) is 8.69. The van der Waals surface area contributed by atoms with Gasteiger partial charge in [-0.1, -0.05) is 41.4 Å². The van der Waals surface area contributed by atoms with Crippen LogP contribution in [-0.4, -0.2) is 65.1 Å². The van der Waals surface area contributed by atoms with Crippen LogP contribution in [0.15, 0.2) is 65.6 Å². The number of hydrogen-bond acceptors (Lipinski definition) is 7. The van der Waals surface area contributed by atoms with Crippen LogP contribution in [0.5, 0.6) is 17.2 Å². The molecule has 0 aliphatic carbocycles. The lowest BCUT2D eigenvalue weighted by atomic mass is 10.1. The highest BCUT2D eigenvalue weighted by atomic mass is 35.5. The van der Waals surface area contributed by atoms with E-state index in [2.05, 4.69) is 5.32 Å². The fourth-order valence-corrected chi connectivity index (χ4v) is 5.95. The predicted octanol–water partition coefficient (Wildman–Crippen LogP) is 4.81. The van der Waals surface area contributed by atoms with Crippen LogP contribution < -0.4 is 23.8 Å². The number of amides is 2. The van der Waals surface area contributed by atoms with Gasteiger partial charge in [0.05, 0.1) is 31.9 Å². The molecule has 0 unspecified atom stereocenters. The Balaban J connectivity index is 2.14.